The van der Waals surface area contributed by atoms with Crippen molar-refractivity contribution in [1.29, 1.82) is 0 Å². The molecule has 3 N–H and O–H groups in total. The van der Waals surface area contributed by atoms with Gasteiger partial charge in [0.05, 0.1) is 0 Å². The van der Waals surface area contributed by atoms with E-state index < -0.39 is 0 Å². The molecule has 0 rings (SSSR count). The number of unbranched alkanes of at least 4 members (excludes halogenated alkanes) is 11. The fraction of sp³-hybridized carbons (Fsp3) is 0.880. The van der Waals surface area contributed by atoms with Gasteiger partial charge in [0.1, 0.15) is 0 Å². The van der Waals surface area contributed by atoms with Gasteiger partial charge in [-0.1, -0.05) is 77.4 Å². The minimum Gasteiger partial charge on any atom is -0.353 e. The Labute approximate surface area is 176 Å². The van der Waals surface area contributed by atoms with Crippen LogP contribution in [0.4, 0.5) is 0 Å². The van der Waals surface area contributed by atoms with Crippen LogP contribution in [0.5, 0.6) is 0 Å². The Hall–Kier alpha value is -0.830. The number of rotatable bonds is 19. The summed E-state index contributed by atoms with van der Waals surface area (Å²) < 4.78 is 0. The predicted octanol–water partition coefficient (Wildman–Crippen LogP) is 7.05. The van der Waals surface area contributed by atoms with Crippen LogP contribution in [0.3, 0.4) is 0 Å². The van der Waals surface area contributed by atoms with Gasteiger partial charge >= 0.3 is 0 Å². The Balaban J connectivity index is 3.47. The van der Waals surface area contributed by atoms with Crippen molar-refractivity contribution in [2.75, 3.05) is 0 Å². The summed E-state index contributed by atoms with van der Waals surface area (Å²) in [5.41, 5.74) is 5.84. The smallest absolute Gasteiger partial charge is 0.220 e. The second kappa shape index (κ2) is 18.2. The van der Waals surface area contributed by atoms with Gasteiger partial charge in [-0.3, -0.25) is 4.79 Å². The van der Waals surface area contributed by atoms with Gasteiger partial charge in [-0.05, 0) is 58.8 Å². The minimum atomic E-state index is -0.225. The number of hydrogen-bond donors (Lipinski definition) is 2. The van der Waals surface area contributed by atoms with Gasteiger partial charge in [0.2, 0.25) is 5.91 Å². The number of allylic oxidation sites excluding steroid dienone is 2. The summed E-state index contributed by atoms with van der Waals surface area (Å²) >= 11 is 0. The van der Waals surface area contributed by atoms with E-state index in [1.165, 1.54) is 70.6 Å². The minimum absolute atomic E-state index is 0.189. The van der Waals surface area contributed by atoms with Crippen LogP contribution in [0, 0.1) is 0 Å². The number of hydrogen-bond acceptors (Lipinski definition) is 2. The van der Waals surface area contributed by atoms with Gasteiger partial charge in [-0.15, -0.1) is 0 Å². The molecule has 1 amide bonds. The van der Waals surface area contributed by atoms with E-state index in [4.69, 9.17) is 5.73 Å². The van der Waals surface area contributed by atoms with Gasteiger partial charge in [0.15, 0.2) is 0 Å². The van der Waals surface area contributed by atoms with Crippen molar-refractivity contribution < 1.29 is 4.79 Å². The van der Waals surface area contributed by atoms with Crippen molar-refractivity contribution in [2.24, 2.45) is 5.73 Å². The highest BCUT2D eigenvalue weighted by Crippen LogP contribution is 2.12. The van der Waals surface area contributed by atoms with E-state index in [1.807, 2.05) is 13.8 Å². The van der Waals surface area contributed by atoms with Crippen LogP contribution in [0.2, 0.25) is 0 Å². The average molecular weight is 395 g/mol. The van der Waals surface area contributed by atoms with Gasteiger partial charge in [-0.25, -0.2) is 0 Å². The molecule has 0 saturated heterocycles. The predicted molar refractivity (Wildman–Crippen MR) is 125 cm³/mol. The standard InChI is InChI=1S/C25H50N2O/c1-5-7-8-9-10-11-12-13-14-15-16-17-18-19-20-21-24(28)27-23(6-2)22-25(3,4)26/h13-14,23H,5-12,15-22,26H2,1-4H3,(H,27,28)/b14-13-. The SMILES string of the molecule is CCCCCCCC/C=C\CCCCCCCC(=O)NC(CC)CC(C)(C)N. The second-order valence-electron chi connectivity index (χ2n) is 9.20. The molecule has 1 atom stereocenters. The maximum atomic E-state index is 12.1. The first-order valence-electron chi connectivity index (χ1n) is 12.1. The third-order valence-electron chi connectivity index (χ3n) is 5.30. The molecular formula is C25H50N2O. The molecule has 0 saturated carbocycles. The molecule has 0 aromatic rings. The summed E-state index contributed by atoms with van der Waals surface area (Å²) in [5, 5.41) is 3.14. The monoisotopic (exact) mass is 394 g/mol. The molecule has 28 heavy (non-hydrogen) atoms. The third kappa shape index (κ3) is 19.9. The molecule has 3 nitrogen and oxygen atoms in total. The summed E-state index contributed by atoms with van der Waals surface area (Å²) in [7, 11) is 0. The highest BCUT2D eigenvalue weighted by atomic mass is 16.1. The lowest BCUT2D eigenvalue weighted by molar-refractivity contribution is -0.122. The zero-order valence-corrected chi connectivity index (χ0v) is 19.5. The summed E-state index contributed by atoms with van der Waals surface area (Å²) in [6.45, 7) is 8.42. The molecule has 0 bridgehead atoms. The topological polar surface area (TPSA) is 55.1 Å². The molecule has 0 aliphatic rings. The van der Waals surface area contributed by atoms with Crippen LogP contribution in [-0.2, 0) is 4.79 Å². The van der Waals surface area contributed by atoms with Crippen LogP contribution in [0.15, 0.2) is 12.2 Å². The van der Waals surface area contributed by atoms with E-state index in [1.54, 1.807) is 0 Å². The third-order valence-corrected chi connectivity index (χ3v) is 5.30. The number of amides is 1. The van der Waals surface area contributed by atoms with Crippen molar-refractivity contribution in [3.63, 3.8) is 0 Å². The average Bonchev–Trinajstić information content (AvgIpc) is 2.63. The van der Waals surface area contributed by atoms with Crippen molar-refractivity contribution in [2.45, 2.75) is 142 Å². The van der Waals surface area contributed by atoms with Crippen molar-refractivity contribution in [3.8, 4) is 0 Å². The van der Waals surface area contributed by atoms with Crippen LogP contribution in [0.1, 0.15) is 130 Å². The van der Waals surface area contributed by atoms with E-state index in [0.717, 1.165) is 25.7 Å². The molecule has 0 heterocycles. The number of carbonyl (C=O) groups excluding carboxylic acids is 1. The Bertz CT molecular complexity index is 384. The summed E-state index contributed by atoms with van der Waals surface area (Å²) in [4.78, 5) is 12.1. The van der Waals surface area contributed by atoms with Crippen molar-refractivity contribution in [1.82, 2.24) is 5.32 Å². The van der Waals surface area contributed by atoms with E-state index in [2.05, 4.69) is 31.3 Å². The second-order valence-corrected chi connectivity index (χ2v) is 9.20. The highest BCUT2D eigenvalue weighted by molar-refractivity contribution is 5.76. The first-order valence-corrected chi connectivity index (χ1v) is 12.1. The molecule has 0 spiro atoms. The highest BCUT2D eigenvalue weighted by Gasteiger charge is 2.19. The van der Waals surface area contributed by atoms with E-state index in [0.29, 0.717) is 6.42 Å². The quantitative estimate of drug-likeness (QED) is 0.182. The number of nitrogens with one attached hydrogen (secondary N) is 1. The largest absolute Gasteiger partial charge is 0.353 e. The lowest BCUT2D eigenvalue weighted by Gasteiger charge is -2.26. The molecule has 0 aliphatic carbocycles. The van der Waals surface area contributed by atoms with E-state index >= 15 is 0 Å². The molecule has 0 aromatic carbocycles. The maximum Gasteiger partial charge on any atom is 0.220 e. The molecule has 3 heteroatoms. The van der Waals surface area contributed by atoms with Gasteiger partial charge < -0.3 is 11.1 Å². The van der Waals surface area contributed by atoms with Gasteiger partial charge in [0, 0.05) is 18.0 Å². The summed E-state index contributed by atoms with van der Waals surface area (Å²) in [5.74, 6) is 0.189. The Kier molecular flexibility index (Phi) is 17.7. The molecule has 0 aromatic heterocycles. The van der Waals surface area contributed by atoms with Crippen LogP contribution in [0.25, 0.3) is 0 Å². The maximum absolute atomic E-state index is 12.1. The molecule has 0 fully saturated rings. The lowest BCUT2D eigenvalue weighted by Crippen LogP contribution is -2.43. The fourth-order valence-corrected chi connectivity index (χ4v) is 3.59. The molecule has 166 valence electrons. The molecule has 1 unspecified atom stereocenters. The number of nitrogens with two attached hydrogens (primary N) is 1. The Morgan fingerprint density at radius 2 is 1.36 bits per heavy atom. The van der Waals surface area contributed by atoms with Crippen molar-refractivity contribution in [3.05, 3.63) is 12.2 Å². The normalized spacial score (nSPS) is 13.2. The fourth-order valence-electron chi connectivity index (χ4n) is 3.59. The van der Waals surface area contributed by atoms with E-state index in [-0.39, 0.29) is 17.5 Å². The van der Waals surface area contributed by atoms with Crippen molar-refractivity contribution >= 4 is 5.91 Å². The zero-order chi connectivity index (χ0) is 21.1. The molecular weight excluding hydrogens is 344 g/mol. The Morgan fingerprint density at radius 3 is 1.86 bits per heavy atom. The van der Waals surface area contributed by atoms with Crippen LogP contribution >= 0.6 is 0 Å². The molecule has 0 radical (unpaired) electrons. The first kappa shape index (κ1) is 27.2. The van der Waals surface area contributed by atoms with Gasteiger partial charge in [-0.2, -0.15) is 0 Å². The van der Waals surface area contributed by atoms with E-state index in [9.17, 15) is 4.79 Å². The summed E-state index contributed by atoms with van der Waals surface area (Å²) in [6, 6.07) is 0.204. The first-order chi connectivity index (χ1) is 13.4. The van der Waals surface area contributed by atoms with Gasteiger partial charge in [0.25, 0.3) is 0 Å². The summed E-state index contributed by atoms with van der Waals surface area (Å²) in [6.07, 6.45) is 23.9. The zero-order valence-electron chi connectivity index (χ0n) is 19.5. The van der Waals surface area contributed by atoms with Crippen LogP contribution < -0.4 is 11.1 Å². The lowest BCUT2D eigenvalue weighted by atomic mass is 9.95. The van der Waals surface area contributed by atoms with Crippen LogP contribution in [-0.4, -0.2) is 17.5 Å². The Morgan fingerprint density at radius 1 is 0.857 bits per heavy atom. The number of carbonyl (C=O) groups is 1. The molecule has 0 aliphatic heterocycles.